The molecular formula is C22H14Cl2N4O3S2. The van der Waals surface area contributed by atoms with Crippen molar-refractivity contribution >= 4 is 85.7 Å². The number of nitro groups is 1. The number of carbonyl (C=O) groups excluding carboxylic acids is 1. The van der Waals surface area contributed by atoms with Crippen LogP contribution in [0.4, 0.5) is 17.1 Å². The van der Waals surface area contributed by atoms with E-state index in [1.165, 1.54) is 41.3 Å². The van der Waals surface area contributed by atoms with Crippen LogP contribution in [-0.4, -0.2) is 27.8 Å². The Balaban J connectivity index is 1.40. The molecule has 0 unspecified atom stereocenters. The quantitative estimate of drug-likeness (QED) is 0.123. The van der Waals surface area contributed by atoms with Crippen molar-refractivity contribution in [2.75, 3.05) is 11.1 Å². The van der Waals surface area contributed by atoms with Crippen LogP contribution in [0.25, 0.3) is 10.2 Å². The number of nitro benzene ring substituents is 1. The standard InChI is InChI=1S/C22H14Cl2N4O3S2/c23-14-5-4-13(18(24)8-14)11-25-15-6-7-19-20(10-15)33-22(27-19)32-12-21(29)26-16-2-1-3-17(9-16)28(30)31/h1-11H,12H2,(H,26,29). The molecule has 0 saturated heterocycles. The van der Waals surface area contributed by atoms with Crippen LogP contribution < -0.4 is 5.32 Å². The molecule has 0 radical (unpaired) electrons. The summed E-state index contributed by atoms with van der Waals surface area (Å²) in [5, 5.41) is 14.6. The van der Waals surface area contributed by atoms with Crippen molar-refractivity contribution < 1.29 is 9.72 Å². The molecular weight excluding hydrogens is 503 g/mol. The zero-order valence-corrected chi connectivity index (χ0v) is 19.8. The summed E-state index contributed by atoms with van der Waals surface area (Å²) >= 11 is 14.9. The highest BCUT2D eigenvalue weighted by atomic mass is 35.5. The third-order valence-electron chi connectivity index (χ3n) is 4.34. The predicted octanol–water partition coefficient (Wildman–Crippen LogP) is 6.99. The maximum absolute atomic E-state index is 12.2. The number of aliphatic imine (C=N–C) groups is 1. The Labute approximate surface area is 206 Å². The maximum Gasteiger partial charge on any atom is 0.271 e. The van der Waals surface area contributed by atoms with Gasteiger partial charge in [-0.05, 0) is 36.4 Å². The minimum atomic E-state index is -0.506. The molecule has 0 fully saturated rings. The smallest absolute Gasteiger partial charge is 0.271 e. The normalized spacial score (nSPS) is 11.2. The fourth-order valence-corrected chi connectivity index (χ4v) is 5.16. The number of non-ortho nitro benzene ring substituents is 1. The fraction of sp³-hybridized carbons (Fsp3) is 0.0455. The molecule has 1 N–H and O–H groups in total. The van der Waals surface area contributed by atoms with Crippen LogP contribution in [0.1, 0.15) is 5.56 Å². The van der Waals surface area contributed by atoms with E-state index in [-0.39, 0.29) is 17.3 Å². The van der Waals surface area contributed by atoms with Crippen molar-refractivity contribution in [2.24, 2.45) is 4.99 Å². The van der Waals surface area contributed by atoms with Gasteiger partial charge in [0.25, 0.3) is 5.69 Å². The summed E-state index contributed by atoms with van der Waals surface area (Å²) in [6.45, 7) is 0. The summed E-state index contributed by atoms with van der Waals surface area (Å²) < 4.78 is 1.68. The molecule has 0 aliphatic heterocycles. The van der Waals surface area contributed by atoms with Crippen molar-refractivity contribution in [3.8, 4) is 0 Å². The Hall–Kier alpha value is -2.98. The number of anilines is 1. The lowest BCUT2D eigenvalue weighted by Crippen LogP contribution is -2.13. The molecule has 7 nitrogen and oxygen atoms in total. The Morgan fingerprint density at radius 2 is 2.03 bits per heavy atom. The Kier molecular flexibility index (Phi) is 7.24. The second-order valence-corrected chi connectivity index (χ2v) is 9.80. The SMILES string of the molecule is O=C(CSc1nc2ccc(N=Cc3ccc(Cl)cc3Cl)cc2s1)Nc1cccc([N+](=O)[O-])c1. The van der Waals surface area contributed by atoms with E-state index in [1.54, 1.807) is 30.5 Å². The number of rotatable bonds is 7. The van der Waals surface area contributed by atoms with Gasteiger partial charge < -0.3 is 5.32 Å². The monoisotopic (exact) mass is 516 g/mol. The molecule has 3 aromatic carbocycles. The number of thiazole rings is 1. The van der Waals surface area contributed by atoms with E-state index in [2.05, 4.69) is 15.3 Å². The Morgan fingerprint density at radius 3 is 2.82 bits per heavy atom. The lowest BCUT2D eigenvalue weighted by atomic mass is 10.2. The van der Waals surface area contributed by atoms with E-state index in [0.29, 0.717) is 15.7 Å². The van der Waals surface area contributed by atoms with Gasteiger partial charge in [-0.2, -0.15) is 0 Å². The average Bonchev–Trinajstić information content (AvgIpc) is 3.19. The summed E-state index contributed by atoms with van der Waals surface area (Å²) in [6, 6.07) is 16.7. The number of aromatic nitrogens is 1. The number of nitrogens with zero attached hydrogens (tertiary/aromatic N) is 3. The first-order valence-corrected chi connectivity index (χ1v) is 12.0. The summed E-state index contributed by atoms with van der Waals surface area (Å²) in [4.78, 5) is 31.6. The first-order chi connectivity index (χ1) is 15.9. The minimum Gasteiger partial charge on any atom is -0.325 e. The lowest BCUT2D eigenvalue weighted by molar-refractivity contribution is -0.384. The second-order valence-electron chi connectivity index (χ2n) is 6.70. The van der Waals surface area contributed by atoms with E-state index in [4.69, 9.17) is 23.2 Å². The molecule has 0 bridgehead atoms. The number of nitrogens with one attached hydrogen (secondary N) is 1. The van der Waals surface area contributed by atoms with Crippen LogP contribution in [0.5, 0.6) is 0 Å². The van der Waals surface area contributed by atoms with Gasteiger partial charge in [0.15, 0.2) is 4.34 Å². The third-order valence-corrected chi connectivity index (χ3v) is 7.06. The number of hydrogen-bond acceptors (Lipinski definition) is 7. The topological polar surface area (TPSA) is 97.5 Å². The minimum absolute atomic E-state index is 0.0802. The van der Waals surface area contributed by atoms with Gasteiger partial charge in [-0.15, -0.1) is 11.3 Å². The molecule has 33 heavy (non-hydrogen) atoms. The molecule has 1 aromatic heterocycles. The molecule has 11 heteroatoms. The number of halogens is 2. The van der Waals surface area contributed by atoms with Gasteiger partial charge in [0.1, 0.15) is 0 Å². The number of fused-ring (bicyclic) bond motifs is 1. The highest BCUT2D eigenvalue weighted by Crippen LogP contribution is 2.32. The first-order valence-electron chi connectivity index (χ1n) is 9.44. The van der Waals surface area contributed by atoms with Gasteiger partial charge in [-0.25, -0.2) is 4.98 Å². The van der Waals surface area contributed by atoms with Crippen molar-refractivity contribution in [2.45, 2.75) is 4.34 Å². The Bertz CT molecular complexity index is 1390. The summed E-state index contributed by atoms with van der Waals surface area (Å²) in [5.74, 6) is -0.146. The van der Waals surface area contributed by atoms with Crippen molar-refractivity contribution in [3.63, 3.8) is 0 Å². The zero-order chi connectivity index (χ0) is 23.4. The van der Waals surface area contributed by atoms with Gasteiger partial charge in [0, 0.05) is 34.6 Å². The highest BCUT2D eigenvalue weighted by molar-refractivity contribution is 8.01. The number of thioether (sulfide) groups is 1. The first kappa shape index (κ1) is 23.2. The molecule has 4 rings (SSSR count). The molecule has 1 amide bonds. The number of carbonyl (C=O) groups is 1. The molecule has 0 atom stereocenters. The van der Waals surface area contributed by atoms with Crippen molar-refractivity contribution in [1.82, 2.24) is 4.98 Å². The van der Waals surface area contributed by atoms with Crippen LogP contribution in [-0.2, 0) is 4.79 Å². The number of benzene rings is 3. The fourth-order valence-electron chi connectivity index (χ4n) is 2.81. The molecule has 0 aliphatic rings. The van der Waals surface area contributed by atoms with Crippen LogP contribution in [0, 0.1) is 10.1 Å². The van der Waals surface area contributed by atoms with E-state index >= 15 is 0 Å². The van der Waals surface area contributed by atoms with E-state index in [9.17, 15) is 14.9 Å². The third kappa shape index (κ3) is 6.08. The Morgan fingerprint density at radius 1 is 1.18 bits per heavy atom. The molecule has 166 valence electrons. The van der Waals surface area contributed by atoms with Gasteiger partial charge in [-0.3, -0.25) is 19.9 Å². The largest absolute Gasteiger partial charge is 0.325 e. The van der Waals surface area contributed by atoms with Gasteiger partial charge in [-0.1, -0.05) is 47.1 Å². The molecule has 4 aromatic rings. The highest BCUT2D eigenvalue weighted by Gasteiger charge is 2.11. The summed E-state index contributed by atoms with van der Waals surface area (Å²) in [7, 11) is 0. The molecule has 0 saturated carbocycles. The summed E-state index contributed by atoms with van der Waals surface area (Å²) in [5.41, 5.74) is 2.62. The average molecular weight is 517 g/mol. The molecule has 1 heterocycles. The zero-order valence-electron chi connectivity index (χ0n) is 16.7. The lowest BCUT2D eigenvalue weighted by Gasteiger charge is -2.03. The second kappa shape index (κ2) is 10.3. The van der Waals surface area contributed by atoms with Crippen LogP contribution in [0.2, 0.25) is 10.0 Å². The van der Waals surface area contributed by atoms with E-state index < -0.39 is 4.92 Å². The van der Waals surface area contributed by atoms with Crippen LogP contribution >= 0.6 is 46.3 Å². The van der Waals surface area contributed by atoms with Crippen molar-refractivity contribution in [3.05, 3.63) is 86.4 Å². The number of hydrogen-bond donors (Lipinski definition) is 1. The van der Waals surface area contributed by atoms with Gasteiger partial charge in [0.05, 0.1) is 31.6 Å². The van der Waals surface area contributed by atoms with Crippen LogP contribution in [0.15, 0.2) is 70.0 Å². The summed E-state index contributed by atoms with van der Waals surface area (Å²) in [6.07, 6.45) is 1.68. The molecule has 0 spiro atoms. The maximum atomic E-state index is 12.2. The van der Waals surface area contributed by atoms with Crippen LogP contribution in [0.3, 0.4) is 0 Å². The van der Waals surface area contributed by atoms with Gasteiger partial charge >= 0.3 is 0 Å². The van der Waals surface area contributed by atoms with E-state index in [1.807, 2.05) is 18.2 Å². The number of amides is 1. The van der Waals surface area contributed by atoms with Gasteiger partial charge in [0.2, 0.25) is 5.91 Å². The van der Waals surface area contributed by atoms with E-state index in [0.717, 1.165) is 25.8 Å². The van der Waals surface area contributed by atoms with Crippen molar-refractivity contribution in [1.29, 1.82) is 0 Å². The molecule has 0 aliphatic carbocycles. The predicted molar refractivity (Wildman–Crippen MR) is 136 cm³/mol.